The highest BCUT2D eigenvalue weighted by atomic mass is 32.1. The molecule has 12 heavy (non-hydrogen) atoms. The normalized spacial score (nSPS) is 15.6. The summed E-state index contributed by atoms with van der Waals surface area (Å²) in [5, 5.41) is 11.9. The van der Waals surface area contributed by atoms with Crippen molar-refractivity contribution in [2.75, 3.05) is 5.32 Å². The molecule has 0 saturated carbocycles. The van der Waals surface area contributed by atoms with E-state index in [0.717, 1.165) is 5.13 Å². The van der Waals surface area contributed by atoms with Gasteiger partial charge in [-0.25, -0.2) is 0 Å². The molecule has 0 radical (unpaired) electrons. The number of nitrogens with zero attached hydrogens (tertiary/aromatic N) is 2. The molecule has 0 spiro atoms. The maximum Gasteiger partial charge on any atom is 0.205 e. The van der Waals surface area contributed by atoms with Gasteiger partial charge in [-0.1, -0.05) is 31.6 Å². The molecule has 0 aliphatic carbocycles. The zero-order valence-corrected chi connectivity index (χ0v) is 8.56. The summed E-state index contributed by atoms with van der Waals surface area (Å²) in [6.07, 6.45) is 1.19. The van der Waals surface area contributed by atoms with Crippen molar-refractivity contribution in [1.82, 2.24) is 10.2 Å². The summed E-state index contributed by atoms with van der Waals surface area (Å²) in [6.45, 7) is 6.61. The third-order valence-electron chi connectivity index (χ3n) is 2.21. The SMILES string of the molecule is CCC(C)C(C)Nc1nncs1. The van der Waals surface area contributed by atoms with Gasteiger partial charge in [-0.3, -0.25) is 0 Å². The van der Waals surface area contributed by atoms with Gasteiger partial charge in [0.15, 0.2) is 0 Å². The first-order valence-corrected chi connectivity index (χ1v) is 5.14. The zero-order valence-electron chi connectivity index (χ0n) is 7.74. The molecule has 0 amide bonds. The molecule has 0 aromatic carbocycles. The van der Waals surface area contributed by atoms with Crippen molar-refractivity contribution < 1.29 is 0 Å². The Balaban J connectivity index is 2.41. The van der Waals surface area contributed by atoms with Crippen LogP contribution in [0.15, 0.2) is 5.51 Å². The van der Waals surface area contributed by atoms with Gasteiger partial charge in [0.2, 0.25) is 5.13 Å². The largest absolute Gasteiger partial charge is 0.357 e. The molecule has 3 nitrogen and oxygen atoms in total. The van der Waals surface area contributed by atoms with Crippen LogP contribution in [-0.4, -0.2) is 16.2 Å². The number of hydrogen-bond donors (Lipinski definition) is 1. The van der Waals surface area contributed by atoms with E-state index in [0.29, 0.717) is 12.0 Å². The third kappa shape index (κ3) is 2.44. The number of nitrogens with one attached hydrogen (secondary N) is 1. The topological polar surface area (TPSA) is 37.8 Å². The van der Waals surface area contributed by atoms with Crippen molar-refractivity contribution in [2.24, 2.45) is 5.92 Å². The molecule has 0 aliphatic rings. The first kappa shape index (κ1) is 9.45. The van der Waals surface area contributed by atoms with Crippen molar-refractivity contribution in [3.63, 3.8) is 0 Å². The van der Waals surface area contributed by atoms with E-state index in [-0.39, 0.29) is 0 Å². The zero-order chi connectivity index (χ0) is 8.97. The predicted octanol–water partition coefficient (Wildman–Crippen LogP) is 2.38. The molecule has 1 aromatic rings. The molecule has 0 fully saturated rings. The minimum Gasteiger partial charge on any atom is -0.357 e. The molecule has 2 atom stereocenters. The molecule has 2 unspecified atom stereocenters. The van der Waals surface area contributed by atoms with Crippen molar-refractivity contribution in [3.8, 4) is 0 Å². The predicted molar refractivity (Wildman–Crippen MR) is 52.4 cm³/mol. The Morgan fingerprint density at radius 2 is 2.33 bits per heavy atom. The first-order valence-electron chi connectivity index (χ1n) is 4.26. The van der Waals surface area contributed by atoms with Gasteiger partial charge in [-0.15, -0.1) is 10.2 Å². The summed E-state index contributed by atoms with van der Waals surface area (Å²) in [4.78, 5) is 0. The van der Waals surface area contributed by atoms with Crippen LogP contribution in [-0.2, 0) is 0 Å². The minimum atomic E-state index is 0.475. The number of aromatic nitrogens is 2. The summed E-state index contributed by atoms with van der Waals surface area (Å²) in [6, 6.07) is 0.475. The fourth-order valence-electron chi connectivity index (χ4n) is 0.927. The van der Waals surface area contributed by atoms with Crippen LogP contribution in [0, 0.1) is 5.92 Å². The van der Waals surface area contributed by atoms with E-state index in [1.807, 2.05) is 0 Å². The van der Waals surface area contributed by atoms with Gasteiger partial charge in [0, 0.05) is 6.04 Å². The maximum atomic E-state index is 3.93. The monoisotopic (exact) mass is 185 g/mol. The standard InChI is InChI=1S/C8H15N3S/c1-4-6(2)7(3)10-8-11-9-5-12-8/h5-7H,4H2,1-3H3,(H,10,11). The lowest BCUT2D eigenvalue weighted by Gasteiger charge is -2.18. The fraction of sp³-hybridized carbons (Fsp3) is 0.750. The van der Waals surface area contributed by atoms with Crippen LogP contribution in [0.4, 0.5) is 5.13 Å². The summed E-state index contributed by atoms with van der Waals surface area (Å²) >= 11 is 1.55. The van der Waals surface area contributed by atoms with E-state index in [1.54, 1.807) is 16.8 Å². The van der Waals surface area contributed by atoms with Gasteiger partial charge < -0.3 is 5.32 Å². The average molecular weight is 185 g/mol. The van der Waals surface area contributed by atoms with E-state index < -0.39 is 0 Å². The molecule has 1 aromatic heterocycles. The summed E-state index contributed by atoms with van der Waals surface area (Å²) in [5.74, 6) is 0.675. The van der Waals surface area contributed by atoms with Gasteiger partial charge in [-0.05, 0) is 12.8 Å². The second-order valence-corrected chi connectivity index (χ2v) is 3.90. The van der Waals surface area contributed by atoms with Gasteiger partial charge in [-0.2, -0.15) is 0 Å². The van der Waals surface area contributed by atoms with Crippen LogP contribution >= 0.6 is 11.3 Å². The molecule has 0 bridgehead atoms. The number of rotatable bonds is 4. The second kappa shape index (κ2) is 4.40. The molecular weight excluding hydrogens is 170 g/mol. The van der Waals surface area contributed by atoms with Gasteiger partial charge in [0.25, 0.3) is 0 Å². The van der Waals surface area contributed by atoms with Crippen LogP contribution < -0.4 is 5.32 Å². The summed E-state index contributed by atoms with van der Waals surface area (Å²) < 4.78 is 0. The Kier molecular flexibility index (Phi) is 3.47. The van der Waals surface area contributed by atoms with Crippen molar-refractivity contribution in [1.29, 1.82) is 0 Å². The Bertz CT molecular complexity index is 210. The highest BCUT2D eigenvalue weighted by Gasteiger charge is 2.10. The van der Waals surface area contributed by atoms with Crippen molar-refractivity contribution in [2.45, 2.75) is 33.2 Å². The van der Waals surface area contributed by atoms with Crippen LogP contribution in [0.1, 0.15) is 27.2 Å². The minimum absolute atomic E-state index is 0.475. The Morgan fingerprint density at radius 3 is 2.83 bits per heavy atom. The Labute approximate surface area is 77.2 Å². The van der Waals surface area contributed by atoms with E-state index in [1.165, 1.54) is 6.42 Å². The van der Waals surface area contributed by atoms with E-state index in [2.05, 4.69) is 36.3 Å². The van der Waals surface area contributed by atoms with Gasteiger partial charge in [0.05, 0.1) is 0 Å². The molecule has 0 aliphatic heterocycles. The van der Waals surface area contributed by atoms with E-state index in [4.69, 9.17) is 0 Å². The third-order valence-corrected chi connectivity index (χ3v) is 2.83. The molecule has 1 N–H and O–H groups in total. The molecule has 0 saturated heterocycles. The lowest BCUT2D eigenvalue weighted by molar-refractivity contribution is 0.494. The number of anilines is 1. The highest BCUT2D eigenvalue weighted by molar-refractivity contribution is 7.13. The smallest absolute Gasteiger partial charge is 0.205 e. The summed E-state index contributed by atoms with van der Waals surface area (Å²) in [7, 11) is 0. The quantitative estimate of drug-likeness (QED) is 0.782. The average Bonchev–Trinajstić information content (AvgIpc) is 2.55. The Hall–Kier alpha value is -0.640. The van der Waals surface area contributed by atoms with Crippen LogP contribution in [0.3, 0.4) is 0 Å². The maximum absolute atomic E-state index is 3.93. The molecule has 1 rings (SSSR count). The van der Waals surface area contributed by atoms with Crippen LogP contribution in [0.25, 0.3) is 0 Å². The molecule has 4 heteroatoms. The molecule has 1 heterocycles. The van der Waals surface area contributed by atoms with Crippen LogP contribution in [0.5, 0.6) is 0 Å². The van der Waals surface area contributed by atoms with Crippen molar-refractivity contribution in [3.05, 3.63) is 5.51 Å². The first-order chi connectivity index (χ1) is 5.74. The lowest BCUT2D eigenvalue weighted by Crippen LogP contribution is -2.22. The highest BCUT2D eigenvalue weighted by Crippen LogP contribution is 2.15. The Morgan fingerprint density at radius 1 is 1.58 bits per heavy atom. The molecular formula is C8H15N3S. The fourth-order valence-corrected chi connectivity index (χ4v) is 1.47. The van der Waals surface area contributed by atoms with Gasteiger partial charge >= 0.3 is 0 Å². The van der Waals surface area contributed by atoms with E-state index in [9.17, 15) is 0 Å². The molecule has 68 valence electrons. The van der Waals surface area contributed by atoms with Gasteiger partial charge in [0.1, 0.15) is 5.51 Å². The second-order valence-electron chi connectivity index (χ2n) is 3.06. The lowest BCUT2D eigenvalue weighted by atomic mass is 10.0. The summed E-state index contributed by atoms with van der Waals surface area (Å²) in [5.41, 5.74) is 1.74. The van der Waals surface area contributed by atoms with E-state index >= 15 is 0 Å². The van der Waals surface area contributed by atoms with Crippen molar-refractivity contribution >= 4 is 16.5 Å². The number of hydrogen-bond acceptors (Lipinski definition) is 4. The van der Waals surface area contributed by atoms with Crippen LogP contribution in [0.2, 0.25) is 0 Å².